The van der Waals surface area contributed by atoms with Gasteiger partial charge in [0.2, 0.25) is 5.69 Å². The van der Waals surface area contributed by atoms with Crippen LogP contribution in [-0.4, -0.2) is 16.8 Å². The predicted molar refractivity (Wildman–Crippen MR) is 164 cm³/mol. The molecule has 0 aliphatic carbocycles. The molecule has 2 heteroatoms. The second-order valence-corrected chi connectivity index (χ2v) is 11.6. The van der Waals surface area contributed by atoms with Gasteiger partial charge in [0.05, 0.1) is 5.41 Å². The molecule has 0 fully saturated rings. The molecular weight excluding hydrogens is 460 g/mol. The molecule has 6 rings (SSSR count). The highest BCUT2D eigenvalue weighted by Crippen LogP contribution is 2.47. The van der Waals surface area contributed by atoms with Gasteiger partial charge in [0.25, 0.3) is 0 Å². The Kier molecular flexibility index (Phi) is 5.87. The van der Waals surface area contributed by atoms with Crippen molar-refractivity contribution < 1.29 is 4.58 Å². The summed E-state index contributed by atoms with van der Waals surface area (Å²) in [6.07, 6.45) is 12.2. The van der Waals surface area contributed by atoms with Crippen molar-refractivity contribution in [3.8, 4) is 0 Å². The third kappa shape index (κ3) is 3.74. The van der Waals surface area contributed by atoms with Gasteiger partial charge >= 0.3 is 0 Å². The molecular formula is C36H37N2+. The molecule has 4 aromatic rings. The normalized spacial score (nSPS) is 18.7. The van der Waals surface area contributed by atoms with Crippen molar-refractivity contribution in [1.82, 2.24) is 0 Å². The monoisotopic (exact) mass is 497 g/mol. The van der Waals surface area contributed by atoms with Gasteiger partial charge in [0, 0.05) is 40.9 Å². The quantitative estimate of drug-likeness (QED) is 0.214. The molecule has 0 amide bonds. The van der Waals surface area contributed by atoms with Crippen molar-refractivity contribution in [2.45, 2.75) is 51.9 Å². The summed E-state index contributed by atoms with van der Waals surface area (Å²) in [4.78, 5) is 0. The van der Waals surface area contributed by atoms with E-state index in [1.807, 2.05) is 0 Å². The second-order valence-electron chi connectivity index (χ2n) is 11.6. The molecule has 2 nitrogen and oxygen atoms in total. The van der Waals surface area contributed by atoms with Gasteiger partial charge in [-0.2, -0.15) is 4.58 Å². The third-order valence-corrected chi connectivity index (χ3v) is 8.44. The maximum absolute atomic E-state index is 3.69. The van der Waals surface area contributed by atoms with E-state index >= 15 is 0 Å². The van der Waals surface area contributed by atoms with E-state index in [-0.39, 0.29) is 10.8 Å². The van der Waals surface area contributed by atoms with E-state index in [2.05, 4.69) is 148 Å². The minimum absolute atomic E-state index is 0.0636. The lowest BCUT2D eigenvalue weighted by atomic mass is 9.79. The van der Waals surface area contributed by atoms with E-state index in [9.17, 15) is 0 Å². The van der Waals surface area contributed by atoms with Crippen LogP contribution < -0.4 is 5.32 Å². The molecule has 2 aliphatic heterocycles. The van der Waals surface area contributed by atoms with Crippen molar-refractivity contribution in [3.05, 3.63) is 120 Å². The van der Waals surface area contributed by atoms with Crippen molar-refractivity contribution in [2.75, 3.05) is 11.9 Å². The first-order valence-electron chi connectivity index (χ1n) is 13.9. The Balaban J connectivity index is 1.30. The summed E-state index contributed by atoms with van der Waals surface area (Å²) in [7, 11) is 0. The summed E-state index contributed by atoms with van der Waals surface area (Å²) in [5.41, 5.74) is 7.84. The minimum Gasteiger partial charge on any atom is -0.358 e. The summed E-state index contributed by atoms with van der Waals surface area (Å²) in [5.74, 6) is 0. The molecule has 1 N–H and O–H groups in total. The Bertz CT molecular complexity index is 1690. The van der Waals surface area contributed by atoms with Crippen molar-refractivity contribution in [2.24, 2.45) is 0 Å². The van der Waals surface area contributed by atoms with Crippen LogP contribution >= 0.6 is 0 Å². The molecule has 0 radical (unpaired) electrons. The van der Waals surface area contributed by atoms with Crippen LogP contribution in [0.4, 0.5) is 11.4 Å². The molecule has 0 unspecified atom stereocenters. The zero-order valence-electron chi connectivity index (χ0n) is 23.2. The van der Waals surface area contributed by atoms with Crippen LogP contribution in [-0.2, 0) is 10.8 Å². The summed E-state index contributed by atoms with van der Waals surface area (Å²) in [6, 6.07) is 26.5. The Morgan fingerprint density at radius 3 is 2.08 bits per heavy atom. The summed E-state index contributed by atoms with van der Waals surface area (Å²) in [5, 5.41) is 8.99. The Hall–Kier alpha value is -3.91. The van der Waals surface area contributed by atoms with E-state index in [1.165, 1.54) is 55.5 Å². The number of fused-ring (bicyclic) bond motifs is 6. The Morgan fingerprint density at radius 1 is 0.711 bits per heavy atom. The molecule has 0 saturated heterocycles. The Morgan fingerprint density at radius 2 is 1.37 bits per heavy atom. The fraction of sp³-hybridized carbons (Fsp3) is 0.250. The third-order valence-electron chi connectivity index (χ3n) is 8.44. The second kappa shape index (κ2) is 9.13. The number of hydrogen-bond donors (Lipinski definition) is 1. The number of rotatable bonds is 5. The lowest BCUT2D eigenvalue weighted by Crippen LogP contribution is -2.28. The average Bonchev–Trinajstić information content (AvgIpc) is 3.30. The van der Waals surface area contributed by atoms with E-state index < -0.39 is 0 Å². The van der Waals surface area contributed by atoms with E-state index in [0.29, 0.717) is 0 Å². The number of nitrogens with zero attached hydrogens (tertiary/aromatic N) is 1. The Labute approximate surface area is 226 Å². The molecule has 0 spiro atoms. The number of nitrogens with one attached hydrogen (secondary N) is 1. The maximum Gasteiger partial charge on any atom is 0.210 e. The van der Waals surface area contributed by atoms with Crippen LogP contribution in [0.15, 0.2) is 109 Å². The minimum atomic E-state index is -0.0763. The van der Waals surface area contributed by atoms with Crippen molar-refractivity contribution >= 4 is 38.6 Å². The molecule has 0 atom stereocenters. The van der Waals surface area contributed by atoms with Crippen LogP contribution in [0.1, 0.15) is 52.2 Å². The number of benzene rings is 4. The van der Waals surface area contributed by atoms with Gasteiger partial charge in [-0.15, -0.1) is 0 Å². The summed E-state index contributed by atoms with van der Waals surface area (Å²) in [6.45, 7) is 12.6. The van der Waals surface area contributed by atoms with Crippen molar-refractivity contribution in [3.63, 3.8) is 0 Å². The highest BCUT2D eigenvalue weighted by molar-refractivity contribution is 6.07. The topological polar surface area (TPSA) is 15.0 Å². The van der Waals surface area contributed by atoms with Gasteiger partial charge in [0.1, 0.15) is 6.54 Å². The largest absolute Gasteiger partial charge is 0.358 e. The molecule has 190 valence electrons. The summed E-state index contributed by atoms with van der Waals surface area (Å²) < 4.78 is 2.52. The van der Waals surface area contributed by atoms with Crippen LogP contribution in [0, 0.1) is 0 Å². The van der Waals surface area contributed by atoms with Crippen LogP contribution in [0.25, 0.3) is 21.5 Å². The number of hydrogen-bond acceptors (Lipinski definition) is 1. The molecule has 38 heavy (non-hydrogen) atoms. The lowest BCUT2D eigenvalue weighted by molar-refractivity contribution is -0.437. The standard InChI is InChI=1S/C36H36N2/c1-6-24-38-30-23-21-26-15-11-13-17-28(26)34(30)36(4,5)32(38)19-9-7-8-18-31-35(2,3)33-27-16-12-10-14-25(27)20-22-29(33)37-31/h7-23H,6,24H2,1-5H3/p+1. The average molecular weight is 498 g/mol. The molecule has 2 aliphatic rings. The van der Waals surface area contributed by atoms with Gasteiger partial charge in [-0.25, -0.2) is 0 Å². The first-order chi connectivity index (χ1) is 18.3. The van der Waals surface area contributed by atoms with E-state index in [0.717, 1.165) is 13.0 Å². The first-order valence-corrected chi connectivity index (χ1v) is 13.9. The van der Waals surface area contributed by atoms with Crippen LogP contribution in [0.3, 0.4) is 0 Å². The number of allylic oxidation sites excluding steroid dienone is 6. The van der Waals surface area contributed by atoms with Gasteiger partial charge in [0.15, 0.2) is 5.71 Å². The van der Waals surface area contributed by atoms with E-state index in [1.54, 1.807) is 0 Å². The summed E-state index contributed by atoms with van der Waals surface area (Å²) >= 11 is 0. The zero-order chi connectivity index (χ0) is 26.5. The zero-order valence-corrected chi connectivity index (χ0v) is 23.2. The molecule has 4 aromatic carbocycles. The predicted octanol–water partition coefficient (Wildman–Crippen LogP) is 9.18. The van der Waals surface area contributed by atoms with E-state index in [4.69, 9.17) is 0 Å². The van der Waals surface area contributed by atoms with Crippen LogP contribution in [0.5, 0.6) is 0 Å². The van der Waals surface area contributed by atoms with Gasteiger partial charge in [-0.05, 0) is 59.2 Å². The SMILES string of the molecule is CCC[N+]1=C(/C=C/C=C/C=C2\Nc3ccc4ccccc4c3C2(C)C)C(C)(C)c2c1ccc1ccccc21. The highest BCUT2D eigenvalue weighted by atomic mass is 15.1. The number of anilines is 1. The fourth-order valence-corrected chi connectivity index (χ4v) is 6.60. The molecule has 0 bridgehead atoms. The smallest absolute Gasteiger partial charge is 0.210 e. The fourth-order valence-electron chi connectivity index (χ4n) is 6.60. The highest BCUT2D eigenvalue weighted by Gasteiger charge is 2.45. The maximum atomic E-state index is 3.69. The van der Waals surface area contributed by atoms with Gasteiger partial charge in [-0.1, -0.05) is 93.6 Å². The van der Waals surface area contributed by atoms with Gasteiger partial charge in [-0.3, -0.25) is 0 Å². The first kappa shape index (κ1) is 24.4. The van der Waals surface area contributed by atoms with Crippen LogP contribution in [0.2, 0.25) is 0 Å². The lowest BCUT2D eigenvalue weighted by Gasteiger charge is -2.21. The molecule has 0 saturated carbocycles. The molecule has 2 heterocycles. The van der Waals surface area contributed by atoms with Gasteiger partial charge < -0.3 is 5.32 Å². The molecule has 0 aromatic heterocycles. The van der Waals surface area contributed by atoms with Crippen molar-refractivity contribution in [1.29, 1.82) is 0 Å².